The molecule has 0 bridgehead atoms. The number of carboxylic acid groups (broad SMARTS) is 1. The molecule has 12 nitrogen and oxygen atoms in total. The Balaban J connectivity index is 4.46. The third-order valence-corrected chi connectivity index (χ3v) is 10.2. The molecule has 0 rings (SSSR count). The molecular weight excluding hydrogens is 797 g/mol. The summed E-state index contributed by atoms with van der Waals surface area (Å²) in [4.78, 5) is 46.0. The molecule has 0 spiro atoms. The van der Waals surface area contributed by atoms with Crippen LogP contribution in [-0.4, -0.2) is 71.1 Å². The molecular formula is C48H80NO11P. The van der Waals surface area contributed by atoms with Crippen LogP contribution in [0.5, 0.6) is 0 Å². The summed E-state index contributed by atoms with van der Waals surface area (Å²) in [5, 5.41) is 18.7. The lowest BCUT2D eigenvalue weighted by Crippen LogP contribution is -2.34. The predicted molar refractivity (Wildman–Crippen MR) is 246 cm³/mol. The van der Waals surface area contributed by atoms with Crippen LogP contribution in [0.2, 0.25) is 0 Å². The fourth-order valence-corrected chi connectivity index (χ4v) is 6.40. The van der Waals surface area contributed by atoms with Gasteiger partial charge in [0, 0.05) is 12.8 Å². The minimum atomic E-state index is -4.75. The molecule has 4 atom stereocenters. The molecule has 2 unspecified atom stereocenters. The van der Waals surface area contributed by atoms with Crippen molar-refractivity contribution in [2.45, 2.75) is 180 Å². The van der Waals surface area contributed by atoms with Crippen molar-refractivity contribution in [1.29, 1.82) is 0 Å². The van der Waals surface area contributed by atoms with E-state index < -0.39 is 57.2 Å². The van der Waals surface area contributed by atoms with Gasteiger partial charge in [0.2, 0.25) is 0 Å². The molecule has 13 heteroatoms. The Bertz CT molecular complexity index is 1370. The zero-order valence-electron chi connectivity index (χ0n) is 37.3. The number of esters is 2. The fourth-order valence-electron chi connectivity index (χ4n) is 5.62. The standard InChI is InChI=1S/C48H80NO11P/c1-3-5-7-8-9-10-11-12-13-14-15-16-17-18-22-25-28-31-34-38-46(51)57-40-44(41-58-61(55,56)59-42-45(49)48(53)54)60-47(52)39-35-32-29-26-23-20-19-21-24-27-30-33-37-43(50)36-6-4-2/h6,9-10,12-13,19-20,24,26-27,29-30,33,36,43-45,50H,3-5,7-8,11,14-18,21-23,25,28,31-32,34-35,37-42,49H2,1-2H3,(H,53,54)(H,55,56)/b10-9-,13-12-,20-19-,27-24-,29-26-,33-30+,36-6-/t43?,44-,45+/m1/s1. The number of ether oxygens (including phenoxy) is 2. The number of rotatable bonds is 41. The van der Waals surface area contributed by atoms with Gasteiger partial charge in [-0.15, -0.1) is 0 Å². The summed E-state index contributed by atoms with van der Waals surface area (Å²) in [6.45, 7) is 2.46. The van der Waals surface area contributed by atoms with E-state index in [9.17, 15) is 28.9 Å². The van der Waals surface area contributed by atoms with Gasteiger partial charge in [-0.25, -0.2) is 4.57 Å². The number of hydrogen-bond acceptors (Lipinski definition) is 10. The zero-order valence-corrected chi connectivity index (χ0v) is 38.2. The number of nitrogens with two attached hydrogens (primary N) is 1. The molecule has 0 aliphatic carbocycles. The van der Waals surface area contributed by atoms with Gasteiger partial charge in [-0.3, -0.25) is 23.4 Å². The molecule has 0 heterocycles. The van der Waals surface area contributed by atoms with E-state index in [0.29, 0.717) is 25.7 Å². The van der Waals surface area contributed by atoms with Gasteiger partial charge in [-0.05, 0) is 77.0 Å². The van der Waals surface area contributed by atoms with E-state index in [4.69, 9.17) is 24.8 Å². The lowest BCUT2D eigenvalue weighted by molar-refractivity contribution is -0.161. The fraction of sp³-hybridized carbons (Fsp3) is 0.646. The van der Waals surface area contributed by atoms with Crippen LogP contribution < -0.4 is 5.73 Å². The van der Waals surface area contributed by atoms with Crippen molar-refractivity contribution in [2.75, 3.05) is 19.8 Å². The highest BCUT2D eigenvalue weighted by Crippen LogP contribution is 2.43. The Hall–Kier alpha value is -3.38. The number of carbonyl (C=O) groups is 3. The summed E-state index contributed by atoms with van der Waals surface area (Å²) >= 11 is 0. The smallest absolute Gasteiger partial charge is 0.472 e. The second-order valence-electron chi connectivity index (χ2n) is 15.0. The highest BCUT2D eigenvalue weighted by Gasteiger charge is 2.28. The molecule has 5 N–H and O–H groups in total. The number of phosphoric acid groups is 1. The van der Waals surface area contributed by atoms with Crippen molar-refractivity contribution < 1.29 is 52.6 Å². The van der Waals surface area contributed by atoms with Crippen molar-refractivity contribution in [3.8, 4) is 0 Å². The van der Waals surface area contributed by atoms with E-state index in [2.05, 4.69) is 41.8 Å². The molecule has 0 fully saturated rings. The summed E-state index contributed by atoms with van der Waals surface area (Å²) in [6.07, 6.45) is 48.5. The van der Waals surface area contributed by atoms with Crippen LogP contribution in [0.4, 0.5) is 0 Å². The lowest BCUT2D eigenvalue weighted by Gasteiger charge is -2.20. The van der Waals surface area contributed by atoms with Crippen molar-refractivity contribution in [3.63, 3.8) is 0 Å². The zero-order chi connectivity index (χ0) is 45.1. The van der Waals surface area contributed by atoms with Gasteiger partial charge < -0.3 is 30.3 Å². The number of aliphatic hydroxyl groups is 1. The van der Waals surface area contributed by atoms with Crippen LogP contribution in [0, 0.1) is 0 Å². The number of allylic oxidation sites excluding steroid dienone is 12. The highest BCUT2D eigenvalue weighted by molar-refractivity contribution is 7.47. The van der Waals surface area contributed by atoms with Crippen LogP contribution in [0.3, 0.4) is 0 Å². The molecule has 0 aliphatic heterocycles. The van der Waals surface area contributed by atoms with Gasteiger partial charge in [-0.2, -0.15) is 0 Å². The maximum atomic E-state index is 12.6. The van der Waals surface area contributed by atoms with E-state index in [0.717, 1.165) is 51.4 Å². The molecule has 0 saturated carbocycles. The number of carbonyl (C=O) groups excluding carboxylic acids is 2. The number of aliphatic carboxylic acids is 1. The van der Waals surface area contributed by atoms with Crippen LogP contribution in [-0.2, 0) is 37.5 Å². The van der Waals surface area contributed by atoms with Gasteiger partial charge in [0.1, 0.15) is 12.6 Å². The van der Waals surface area contributed by atoms with E-state index in [-0.39, 0.29) is 19.4 Å². The number of phosphoric ester groups is 1. The normalized spacial score (nSPS) is 15.0. The molecule has 0 aromatic carbocycles. The Morgan fingerprint density at radius 1 is 0.607 bits per heavy atom. The molecule has 348 valence electrons. The molecule has 0 saturated heterocycles. The average molecular weight is 878 g/mol. The monoisotopic (exact) mass is 878 g/mol. The predicted octanol–water partition coefficient (Wildman–Crippen LogP) is 11.3. The van der Waals surface area contributed by atoms with Gasteiger partial charge in [0.25, 0.3) is 0 Å². The second kappa shape index (κ2) is 41.9. The summed E-state index contributed by atoms with van der Waals surface area (Å²) in [5.41, 5.74) is 5.33. The van der Waals surface area contributed by atoms with Crippen molar-refractivity contribution >= 4 is 25.7 Å². The molecule has 0 aliphatic rings. The highest BCUT2D eigenvalue weighted by atomic mass is 31.2. The Morgan fingerprint density at radius 3 is 1.72 bits per heavy atom. The van der Waals surface area contributed by atoms with E-state index in [1.807, 2.05) is 55.5 Å². The summed E-state index contributed by atoms with van der Waals surface area (Å²) in [6, 6.07) is -1.54. The van der Waals surface area contributed by atoms with E-state index >= 15 is 0 Å². The van der Waals surface area contributed by atoms with Crippen LogP contribution in [0.25, 0.3) is 0 Å². The molecule has 0 amide bonds. The average Bonchev–Trinajstić information content (AvgIpc) is 3.23. The van der Waals surface area contributed by atoms with Crippen molar-refractivity contribution in [2.24, 2.45) is 5.73 Å². The maximum absolute atomic E-state index is 12.6. The second-order valence-corrected chi connectivity index (χ2v) is 16.5. The number of aliphatic hydroxyl groups excluding tert-OH is 1. The van der Waals surface area contributed by atoms with Gasteiger partial charge >= 0.3 is 25.7 Å². The van der Waals surface area contributed by atoms with Gasteiger partial charge in [0.15, 0.2) is 6.10 Å². The number of hydrogen-bond donors (Lipinski definition) is 4. The maximum Gasteiger partial charge on any atom is 0.472 e. The van der Waals surface area contributed by atoms with E-state index in [1.165, 1.54) is 57.8 Å². The summed E-state index contributed by atoms with van der Waals surface area (Å²) in [7, 11) is -4.75. The summed E-state index contributed by atoms with van der Waals surface area (Å²) < 4.78 is 32.6. The van der Waals surface area contributed by atoms with Gasteiger partial charge in [0.05, 0.1) is 19.3 Å². The largest absolute Gasteiger partial charge is 0.480 e. The number of unbranched alkanes of at least 4 members (excludes halogenated alkanes) is 13. The minimum Gasteiger partial charge on any atom is -0.480 e. The quantitative estimate of drug-likeness (QED) is 0.0150. The Kier molecular flexibility index (Phi) is 39.6. The third kappa shape index (κ3) is 41.7. The third-order valence-electron chi connectivity index (χ3n) is 9.20. The van der Waals surface area contributed by atoms with Crippen LogP contribution >= 0.6 is 7.82 Å². The van der Waals surface area contributed by atoms with Crippen LogP contribution in [0.15, 0.2) is 85.1 Å². The molecule has 0 aromatic heterocycles. The topological polar surface area (TPSA) is 192 Å². The molecule has 61 heavy (non-hydrogen) atoms. The first-order chi connectivity index (χ1) is 29.5. The molecule has 0 radical (unpaired) electrons. The molecule has 0 aromatic rings. The van der Waals surface area contributed by atoms with Crippen molar-refractivity contribution in [3.05, 3.63) is 85.1 Å². The Labute approximate surface area is 367 Å². The van der Waals surface area contributed by atoms with Crippen LogP contribution in [0.1, 0.15) is 162 Å². The Morgan fingerprint density at radius 2 is 1.11 bits per heavy atom. The first kappa shape index (κ1) is 57.6. The summed E-state index contributed by atoms with van der Waals surface area (Å²) in [5.74, 6) is -2.50. The van der Waals surface area contributed by atoms with Gasteiger partial charge in [-0.1, -0.05) is 157 Å². The van der Waals surface area contributed by atoms with Crippen molar-refractivity contribution in [1.82, 2.24) is 0 Å². The first-order valence-corrected chi connectivity index (χ1v) is 24.2. The lowest BCUT2D eigenvalue weighted by atomic mass is 10.1. The minimum absolute atomic E-state index is 0.0598. The van der Waals surface area contributed by atoms with E-state index in [1.54, 1.807) is 6.08 Å². The number of carboxylic acids is 1. The SMILES string of the molecule is CC/C=C\C(O)C/C=C/C=C\C/C=C\C/C=C\CCCC(=O)O[C@H](COC(=O)CCCCCCCCCCC/C=C\C/C=C\CCCCC)COP(=O)(O)OC[C@H](N)C(=O)O. The first-order valence-electron chi connectivity index (χ1n) is 22.7.